The van der Waals surface area contributed by atoms with Crippen LogP contribution in [0.2, 0.25) is 10.0 Å². The molecule has 0 radical (unpaired) electrons. The number of aliphatic hydroxyl groups is 1. The van der Waals surface area contributed by atoms with Crippen molar-refractivity contribution >= 4 is 40.0 Å². The molecular formula is C29H30Cl2F3N3O2. The lowest BCUT2D eigenvalue weighted by Gasteiger charge is -2.44. The van der Waals surface area contributed by atoms with Crippen LogP contribution in [0.5, 0.6) is 0 Å². The van der Waals surface area contributed by atoms with E-state index in [9.17, 15) is 23.1 Å². The zero-order valence-electron chi connectivity index (χ0n) is 21.3. The minimum Gasteiger partial charge on any atom is -0.396 e. The van der Waals surface area contributed by atoms with Gasteiger partial charge < -0.3 is 10.0 Å². The highest BCUT2D eigenvalue weighted by molar-refractivity contribution is 6.42. The molecule has 5 nitrogen and oxygen atoms in total. The zero-order valence-corrected chi connectivity index (χ0v) is 22.8. The Hall–Kier alpha value is -2.39. The summed E-state index contributed by atoms with van der Waals surface area (Å²) in [5, 5.41) is 11.6. The Balaban J connectivity index is 1.23. The smallest absolute Gasteiger partial charge is 0.396 e. The molecule has 2 aliphatic rings. The lowest BCUT2D eigenvalue weighted by atomic mass is 9.80. The number of para-hydroxylation sites is 1. The number of rotatable bonds is 5. The normalized spacial score (nSPS) is 21.4. The van der Waals surface area contributed by atoms with Crippen molar-refractivity contribution in [3.05, 3.63) is 75.4 Å². The standard InChI is InChI=1S/C29H30Cl2F3N3O2/c30-24-6-5-18(14-25(24)31)13-19-7-10-37(16-20(19)17-38)21-8-11-36(12-9-21)28(39)23-15-27(29(32,33)34)35-26-4-2-1-3-22(23)26/h1-6,14-15,19-21,38H,7-13,16-17H2/t19-,20+/m1/s1. The number of nitrogens with zero attached hydrogens (tertiary/aromatic N) is 3. The SMILES string of the molecule is O=C(c1cc(C(F)(F)F)nc2ccccc12)N1CCC(N2CC[C@H](Cc3ccc(Cl)c(Cl)c3)[C@H](CO)C2)CC1. The van der Waals surface area contributed by atoms with Crippen molar-refractivity contribution in [1.82, 2.24) is 14.8 Å². The summed E-state index contributed by atoms with van der Waals surface area (Å²) in [7, 11) is 0. The number of pyridine rings is 1. The number of aromatic nitrogens is 1. The first-order valence-corrected chi connectivity index (χ1v) is 13.9. The van der Waals surface area contributed by atoms with E-state index < -0.39 is 17.8 Å². The molecule has 1 aromatic heterocycles. The van der Waals surface area contributed by atoms with Crippen LogP contribution in [0, 0.1) is 11.8 Å². The second-order valence-electron chi connectivity index (χ2n) is 10.5. The second kappa shape index (κ2) is 11.6. The van der Waals surface area contributed by atoms with E-state index in [0.717, 1.165) is 50.4 Å². The van der Waals surface area contributed by atoms with Crippen molar-refractivity contribution in [2.24, 2.45) is 11.8 Å². The van der Waals surface area contributed by atoms with Gasteiger partial charge in [-0.2, -0.15) is 13.2 Å². The molecule has 3 aromatic rings. The van der Waals surface area contributed by atoms with E-state index in [0.29, 0.717) is 34.4 Å². The summed E-state index contributed by atoms with van der Waals surface area (Å²) in [4.78, 5) is 21.2. The lowest BCUT2D eigenvalue weighted by Crippen LogP contribution is -2.52. The van der Waals surface area contributed by atoms with Crippen molar-refractivity contribution in [3.63, 3.8) is 0 Å². The maximum atomic E-state index is 13.5. The largest absolute Gasteiger partial charge is 0.433 e. The number of likely N-dealkylation sites (tertiary alicyclic amines) is 2. The number of fused-ring (bicyclic) bond motifs is 1. The van der Waals surface area contributed by atoms with Crippen molar-refractivity contribution in [2.45, 2.75) is 37.9 Å². The number of benzene rings is 2. The van der Waals surface area contributed by atoms with E-state index in [-0.39, 0.29) is 29.6 Å². The van der Waals surface area contributed by atoms with E-state index in [1.807, 2.05) is 12.1 Å². The van der Waals surface area contributed by atoms with E-state index in [4.69, 9.17) is 23.2 Å². The van der Waals surface area contributed by atoms with E-state index in [2.05, 4.69) is 9.88 Å². The van der Waals surface area contributed by atoms with Crippen LogP contribution in [0.3, 0.4) is 0 Å². The highest BCUT2D eigenvalue weighted by Crippen LogP contribution is 2.34. The summed E-state index contributed by atoms with van der Waals surface area (Å²) < 4.78 is 40.4. The van der Waals surface area contributed by atoms with Gasteiger partial charge in [-0.25, -0.2) is 4.98 Å². The van der Waals surface area contributed by atoms with Gasteiger partial charge in [0, 0.05) is 37.7 Å². The number of carbonyl (C=O) groups is 1. The fourth-order valence-corrected chi connectivity index (χ4v) is 6.31. The Kier molecular flexibility index (Phi) is 8.38. The Labute approximate surface area is 235 Å². The summed E-state index contributed by atoms with van der Waals surface area (Å²) in [5.41, 5.74) is 0.239. The zero-order chi connectivity index (χ0) is 27.7. The van der Waals surface area contributed by atoms with Crippen LogP contribution in [0.1, 0.15) is 40.9 Å². The molecule has 0 spiro atoms. The minimum atomic E-state index is -4.64. The molecule has 1 N–H and O–H groups in total. The van der Waals surface area contributed by atoms with Crippen LogP contribution in [-0.2, 0) is 12.6 Å². The lowest BCUT2D eigenvalue weighted by molar-refractivity contribution is -0.141. The highest BCUT2D eigenvalue weighted by atomic mass is 35.5. The quantitative estimate of drug-likeness (QED) is 0.383. The third-order valence-corrected chi connectivity index (χ3v) is 8.88. The number of halogens is 5. The number of hydrogen-bond donors (Lipinski definition) is 1. The van der Waals surface area contributed by atoms with Gasteiger partial charge in [0.1, 0.15) is 5.69 Å². The molecule has 2 aliphatic heterocycles. The first-order valence-electron chi connectivity index (χ1n) is 13.2. The van der Waals surface area contributed by atoms with Gasteiger partial charge in [-0.1, -0.05) is 47.5 Å². The predicted molar refractivity (Wildman–Crippen MR) is 146 cm³/mol. The van der Waals surface area contributed by atoms with E-state index in [1.54, 1.807) is 29.2 Å². The van der Waals surface area contributed by atoms with Gasteiger partial charge in [0.25, 0.3) is 5.91 Å². The van der Waals surface area contributed by atoms with Gasteiger partial charge in [-0.3, -0.25) is 9.69 Å². The molecular weight excluding hydrogens is 550 g/mol. The van der Waals surface area contributed by atoms with Gasteiger partial charge in [0.05, 0.1) is 21.1 Å². The molecule has 0 saturated carbocycles. The van der Waals surface area contributed by atoms with Gasteiger partial charge in [0.2, 0.25) is 0 Å². The molecule has 2 saturated heterocycles. The fourth-order valence-electron chi connectivity index (χ4n) is 5.99. The second-order valence-corrected chi connectivity index (χ2v) is 11.3. The molecule has 0 aliphatic carbocycles. The Morgan fingerprint density at radius 1 is 0.974 bits per heavy atom. The maximum Gasteiger partial charge on any atom is 0.433 e. The molecule has 5 rings (SSSR count). The van der Waals surface area contributed by atoms with Crippen LogP contribution in [0.15, 0.2) is 48.5 Å². The van der Waals surface area contributed by atoms with Gasteiger partial charge in [0.15, 0.2) is 0 Å². The molecule has 10 heteroatoms. The van der Waals surface area contributed by atoms with Gasteiger partial charge in [-0.15, -0.1) is 0 Å². The van der Waals surface area contributed by atoms with Crippen molar-refractivity contribution < 1.29 is 23.1 Å². The molecule has 0 unspecified atom stereocenters. The number of hydrogen-bond acceptors (Lipinski definition) is 4. The van der Waals surface area contributed by atoms with E-state index >= 15 is 0 Å². The Morgan fingerprint density at radius 2 is 1.72 bits per heavy atom. The van der Waals surface area contributed by atoms with Crippen molar-refractivity contribution in [3.8, 4) is 0 Å². The molecule has 208 valence electrons. The summed E-state index contributed by atoms with van der Waals surface area (Å²) in [6, 6.07) is 13.2. The maximum absolute atomic E-state index is 13.5. The summed E-state index contributed by atoms with van der Waals surface area (Å²) in [6.45, 7) is 2.69. The summed E-state index contributed by atoms with van der Waals surface area (Å²) in [5.74, 6) is 0.0518. The number of piperidine rings is 2. The van der Waals surface area contributed by atoms with Crippen LogP contribution >= 0.6 is 23.2 Å². The van der Waals surface area contributed by atoms with Crippen LogP contribution < -0.4 is 0 Å². The van der Waals surface area contributed by atoms with Crippen LogP contribution in [-0.4, -0.2) is 64.6 Å². The fraction of sp³-hybridized carbons (Fsp3) is 0.448. The number of amides is 1. The molecule has 0 bridgehead atoms. The Morgan fingerprint density at radius 3 is 2.41 bits per heavy atom. The average molecular weight is 580 g/mol. The average Bonchev–Trinajstić information content (AvgIpc) is 2.94. The first kappa shape index (κ1) is 28.1. The van der Waals surface area contributed by atoms with Gasteiger partial charge >= 0.3 is 6.18 Å². The number of carbonyl (C=O) groups excluding carboxylic acids is 1. The molecule has 2 atom stereocenters. The van der Waals surface area contributed by atoms with Crippen molar-refractivity contribution in [1.29, 1.82) is 0 Å². The Bertz CT molecular complexity index is 1350. The minimum absolute atomic E-state index is 0.0369. The monoisotopic (exact) mass is 579 g/mol. The summed E-state index contributed by atoms with van der Waals surface area (Å²) >= 11 is 12.2. The van der Waals surface area contributed by atoms with E-state index in [1.165, 1.54) is 6.07 Å². The van der Waals surface area contributed by atoms with Crippen LogP contribution in [0.4, 0.5) is 13.2 Å². The highest BCUT2D eigenvalue weighted by Gasteiger charge is 2.37. The molecule has 2 aromatic carbocycles. The molecule has 3 heterocycles. The summed E-state index contributed by atoms with van der Waals surface area (Å²) in [6.07, 6.45) is -1.41. The number of aliphatic hydroxyl groups excluding tert-OH is 1. The predicted octanol–water partition coefficient (Wildman–Crippen LogP) is 6.34. The first-order chi connectivity index (χ1) is 18.6. The third-order valence-electron chi connectivity index (χ3n) is 8.14. The molecule has 2 fully saturated rings. The molecule has 1 amide bonds. The van der Waals surface area contributed by atoms with Crippen molar-refractivity contribution in [2.75, 3.05) is 32.8 Å². The topological polar surface area (TPSA) is 56.7 Å². The molecule has 39 heavy (non-hydrogen) atoms. The number of alkyl halides is 3. The van der Waals surface area contributed by atoms with Crippen LogP contribution in [0.25, 0.3) is 10.9 Å². The van der Waals surface area contributed by atoms with Gasteiger partial charge in [-0.05, 0) is 73.9 Å². The third kappa shape index (κ3) is 6.19.